The Labute approximate surface area is 145 Å². The third-order valence-electron chi connectivity index (χ3n) is 3.64. The lowest BCUT2D eigenvalue weighted by atomic mass is 10.1. The average molecular weight is 355 g/mol. The van der Waals surface area contributed by atoms with Crippen molar-refractivity contribution >= 4 is 22.9 Å². The Morgan fingerprint density at radius 1 is 1.25 bits per heavy atom. The normalized spacial score (nSPS) is 13.1. The lowest BCUT2D eigenvalue weighted by Gasteiger charge is -2.27. The lowest BCUT2D eigenvalue weighted by Crippen LogP contribution is -2.45. The molecular weight excluding hydrogens is 330 g/mol. The van der Waals surface area contributed by atoms with Gasteiger partial charge in [-0.2, -0.15) is 0 Å². The van der Waals surface area contributed by atoms with Crippen LogP contribution in [0.1, 0.15) is 31.7 Å². The van der Waals surface area contributed by atoms with Crippen molar-refractivity contribution in [1.29, 1.82) is 0 Å². The number of hydrogen-bond acceptors (Lipinski definition) is 4. The van der Waals surface area contributed by atoms with Crippen LogP contribution in [0.25, 0.3) is 0 Å². The summed E-state index contributed by atoms with van der Waals surface area (Å²) in [5.41, 5.74) is 0.779. The van der Waals surface area contributed by atoms with Crippen LogP contribution >= 0.6 is 0 Å². The fourth-order valence-electron chi connectivity index (χ4n) is 2.28. The molecule has 0 saturated heterocycles. The van der Waals surface area contributed by atoms with E-state index in [4.69, 9.17) is 4.74 Å². The largest absolute Gasteiger partial charge is 0.467 e. The molecule has 6 nitrogen and oxygen atoms in total. The number of methoxy groups -OCH3 is 1. The molecule has 0 aliphatic carbocycles. The molecule has 2 atom stereocenters. The van der Waals surface area contributed by atoms with Crippen LogP contribution in [0, 0.1) is 0 Å². The van der Waals surface area contributed by atoms with Gasteiger partial charge in [0.15, 0.2) is 0 Å². The van der Waals surface area contributed by atoms with Gasteiger partial charge in [-0.1, -0.05) is 43.7 Å². The van der Waals surface area contributed by atoms with Gasteiger partial charge < -0.3 is 9.84 Å². The molecule has 1 rings (SSSR count). The number of esters is 1. The third-order valence-corrected chi connectivity index (χ3v) is 5.07. The Morgan fingerprint density at radius 3 is 2.46 bits per heavy atom. The molecule has 1 unspecified atom stereocenters. The maximum Gasteiger partial charge on any atom is 0.408 e. The molecule has 0 radical (unpaired) electrons. The van der Waals surface area contributed by atoms with Crippen molar-refractivity contribution in [3.05, 3.63) is 35.9 Å². The molecule has 7 heteroatoms. The second kappa shape index (κ2) is 10.8. The molecule has 1 amide bonds. The van der Waals surface area contributed by atoms with E-state index >= 15 is 0 Å². The Bertz CT molecular complexity index is 549. The van der Waals surface area contributed by atoms with E-state index in [2.05, 4.69) is 0 Å². The van der Waals surface area contributed by atoms with Crippen LogP contribution in [0.3, 0.4) is 0 Å². The summed E-state index contributed by atoms with van der Waals surface area (Å²) in [6.07, 6.45) is 0.778. The molecule has 0 saturated carbocycles. The van der Waals surface area contributed by atoms with Gasteiger partial charge in [-0.3, -0.25) is 9.11 Å². The highest BCUT2D eigenvalue weighted by Gasteiger charge is 2.30. The van der Waals surface area contributed by atoms with E-state index in [9.17, 15) is 18.9 Å². The quantitative estimate of drug-likeness (QED) is 0.652. The molecule has 0 aliphatic heterocycles. The van der Waals surface area contributed by atoms with Crippen LogP contribution in [0.5, 0.6) is 0 Å². The summed E-state index contributed by atoms with van der Waals surface area (Å²) in [5, 5.41) is 9.50. The van der Waals surface area contributed by atoms with Crippen molar-refractivity contribution < 1.29 is 23.6 Å². The van der Waals surface area contributed by atoms with Crippen molar-refractivity contribution in [2.45, 2.75) is 38.8 Å². The first kappa shape index (κ1) is 20.2. The van der Waals surface area contributed by atoms with E-state index < -0.39 is 28.9 Å². The number of rotatable bonds is 10. The average Bonchev–Trinajstić information content (AvgIpc) is 2.59. The van der Waals surface area contributed by atoms with Gasteiger partial charge in [-0.25, -0.2) is 9.59 Å². The minimum atomic E-state index is -1.20. The highest BCUT2D eigenvalue weighted by molar-refractivity contribution is 7.84. The number of hydrogen-bond donors (Lipinski definition) is 1. The van der Waals surface area contributed by atoms with Gasteiger partial charge in [-0.05, 0) is 18.4 Å². The van der Waals surface area contributed by atoms with Crippen molar-refractivity contribution in [2.75, 3.05) is 18.6 Å². The Morgan fingerprint density at radius 2 is 1.92 bits per heavy atom. The van der Waals surface area contributed by atoms with Gasteiger partial charge in [0.25, 0.3) is 0 Å². The zero-order chi connectivity index (χ0) is 17.9. The van der Waals surface area contributed by atoms with Gasteiger partial charge >= 0.3 is 12.1 Å². The first-order chi connectivity index (χ1) is 11.5. The van der Waals surface area contributed by atoms with E-state index in [0.717, 1.165) is 23.3 Å². The summed E-state index contributed by atoms with van der Waals surface area (Å²) in [6.45, 7) is 2.10. The second-order valence-corrected chi connectivity index (χ2v) is 7.12. The van der Waals surface area contributed by atoms with Gasteiger partial charge in [0, 0.05) is 28.9 Å². The molecule has 0 aromatic heterocycles. The monoisotopic (exact) mass is 355 g/mol. The Kier molecular flexibility index (Phi) is 9.07. The number of benzene rings is 1. The van der Waals surface area contributed by atoms with Crippen LogP contribution in [0.4, 0.5) is 4.79 Å². The summed E-state index contributed by atoms with van der Waals surface area (Å²) in [7, 11) is 0.165. The molecule has 0 bridgehead atoms. The Hall–Kier alpha value is -1.89. The number of nitrogens with zero attached hydrogens (tertiary/aromatic N) is 1. The number of amides is 1. The first-order valence-electron chi connectivity index (χ1n) is 7.95. The SMILES string of the molecule is CCCC[S@](=O)CCC(C(=O)OC)N(Cc1ccccc1)C(=O)O. The fraction of sp³-hybridized carbons (Fsp3) is 0.529. The van der Waals surface area contributed by atoms with Gasteiger partial charge in [-0.15, -0.1) is 0 Å². The predicted molar refractivity (Wildman–Crippen MR) is 93.2 cm³/mol. The molecule has 0 spiro atoms. The molecule has 0 heterocycles. The third kappa shape index (κ3) is 6.70. The van der Waals surface area contributed by atoms with Crippen LogP contribution in [0.15, 0.2) is 30.3 Å². The van der Waals surface area contributed by atoms with E-state index in [-0.39, 0.29) is 18.7 Å². The molecule has 24 heavy (non-hydrogen) atoms. The summed E-state index contributed by atoms with van der Waals surface area (Å²) >= 11 is 0. The number of carbonyl (C=O) groups excluding carboxylic acids is 1. The van der Waals surface area contributed by atoms with Gasteiger partial charge in [0.1, 0.15) is 6.04 Å². The Balaban J connectivity index is 2.83. The van der Waals surface area contributed by atoms with Crippen LogP contribution in [0.2, 0.25) is 0 Å². The predicted octanol–water partition coefficient (Wildman–Crippen LogP) is 2.65. The van der Waals surface area contributed by atoms with Crippen molar-refractivity contribution in [3.63, 3.8) is 0 Å². The molecule has 134 valence electrons. The number of ether oxygens (including phenoxy) is 1. The van der Waals surface area contributed by atoms with E-state index in [0.29, 0.717) is 5.75 Å². The van der Waals surface area contributed by atoms with Crippen molar-refractivity contribution in [1.82, 2.24) is 4.90 Å². The molecule has 0 aliphatic rings. The molecule has 1 N–H and O–H groups in total. The molecule has 1 aromatic carbocycles. The minimum absolute atomic E-state index is 0.0809. The summed E-state index contributed by atoms with van der Waals surface area (Å²) in [5.74, 6) is 0.218. The standard InChI is InChI=1S/C17H25NO5S/c1-3-4-11-24(22)12-10-15(16(19)23-2)18(17(20)21)13-14-8-6-5-7-9-14/h5-9,15H,3-4,10-13H2,1-2H3,(H,20,21)/t15?,24-/m0/s1. The fourth-order valence-corrected chi connectivity index (χ4v) is 3.58. The zero-order valence-corrected chi connectivity index (χ0v) is 15.0. The molecule has 0 fully saturated rings. The number of unbranched alkanes of at least 4 members (excludes halogenated alkanes) is 1. The topological polar surface area (TPSA) is 83.9 Å². The van der Waals surface area contributed by atoms with Gasteiger partial charge in [0.2, 0.25) is 0 Å². The van der Waals surface area contributed by atoms with E-state index in [1.807, 2.05) is 25.1 Å². The summed E-state index contributed by atoms with van der Waals surface area (Å²) in [4.78, 5) is 24.7. The van der Waals surface area contributed by atoms with Crippen LogP contribution in [-0.2, 0) is 26.9 Å². The number of carbonyl (C=O) groups is 2. The summed E-state index contributed by atoms with van der Waals surface area (Å²) in [6, 6.07) is 8.08. The second-order valence-electron chi connectivity index (χ2n) is 5.43. The lowest BCUT2D eigenvalue weighted by molar-refractivity contribution is -0.146. The molecular formula is C17H25NO5S. The maximum atomic E-state index is 12.0. The first-order valence-corrected chi connectivity index (χ1v) is 9.44. The molecule has 1 aromatic rings. The van der Waals surface area contributed by atoms with Crippen molar-refractivity contribution in [3.8, 4) is 0 Å². The smallest absolute Gasteiger partial charge is 0.408 e. The van der Waals surface area contributed by atoms with Crippen LogP contribution < -0.4 is 0 Å². The minimum Gasteiger partial charge on any atom is -0.467 e. The van der Waals surface area contributed by atoms with Crippen molar-refractivity contribution in [2.24, 2.45) is 0 Å². The highest BCUT2D eigenvalue weighted by atomic mass is 32.2. The van der Waals surface area contributed by atoms with E-state index in [1.165, 1.54) is 7.11 Å². The highest BCUT2D eigenvalue weighted by Crippen LogP contribution is 2.14. The van der Waals surface area contributed by atoms with Crippen LogP contribution in [-0.4, -0.2) is 50.9 Å². The van der Waals surface area contributed by atoms with Gasteiger partial charge in [0.05, 0.1) is 7.11 Å². The zero-order valence-electron chi connectivity index (χ0n) is 14.1. The van der Waals surface area contributed by atoms with E-state index in [1.54, 1.807) is 12.1 Å². The number of carboxylic acid groups (broad SMARTS) is 1. The maximum absolute atomic E-state index is 12.0. The summed E-state index contributed by atoms with van der Waals surface area (Å²) < 4.78 is 16.7.